The quantitative estimate of drug-likeness (QED) is 0.886. The molecule has 2 saturated carbocycles. The largest absolute Gasteiger partial charge is 0.478 e. The van der Waals surface area contributed by atoms with Crippen LogP contribution in [0.15, 0.2) is 22.6 Å². The van der Waals surface area contributed by atoms with E-state index in [-0.39, 0.29) is 0 Å². The second-order valence-corrected chi connectivity index (χ2v) is 6.64. The van der Waals surface area contributed by atoms with E-state index in [1.807, 2.05) is 6.07 Å². The van der Waals surface area contributed by atoms with E-state index >= 15 is 0 Å². The number of fused-ring (bicyclic) bond motifs is 1. The maximum absolute atomic E-state index is 11.4. The Hall–Kier alpha value is -1.77. The minimum Gasteiger partial charge on any atom is -0.478 e. The van der Waals surface area contributed by atoms with Crippen LogP contribution in [0.3, 0.4) is 0 Å². The summed E-state index contributed by atoms with van der Waals surface area (Å²) in [4.78, 5) is 11.4. The second-order valence-electron chi connectivity index (χ2n) is 6.64. The van der Waals surface area contributed by atoms with E-state index in [1.54, 1.807) is 6.92 Å². The van der Waals surface area contributed by atoms with E-state index in [1.165, 1.54) is 37.7 Å². The van der Waals surface area contributed by atoms with Crippen LogP contribution in [0.4, 0.5) is 0 Å². The molecule has 1 aromatic carbocycles. The van der Waals surface area contributed by atoms with E-state index in [4.69, 9.17) is 4.42 Å². The van der Waals surface area contributed by atoms with E-state index < -0.39 is 5.97 Å². The summed E-state index contributed by atoms with van der Waals surface area (Å²) < 4.78 is 5.56. The third-order valence-electron chi connectivity index (χ3n) is 5.38. The predicted molar refractivity (Wildman–Crippen MR) is 80.7 cm³/mol. The van der Waals surface area contributed by atoms with Gasteiger partial charge in [-0.2, -0.15) is 0 Å². The van der Waals surface area contributed by atoms with Gasteiger partial charge in [-0.3, -0.25) is 0 Å². The van der Waals surface area contributed by atoms with Gasteiger partial charge in [0.1, 0.15) is 16.9 Å². The first-order chi connectivity index (χ1) is 10.1. The highest BCUT2D eigenvalue weighted by Gasteiger charge is 2.44. The van der Waals surface area contributed by atoms with Crippen molar-refractivity contribution in [3.63, 3.8) is 0 Å². The average molecular weight is 284 g/mol. The van der Waals surface area contributed by atoms with Gasteiger partial charge in [-0.25, -0.2) is 4.79 Å². The van der Waals surface area contributed by atoms with Gasteiger partial charge < -0.3 is 9.52 Å². The highest BCUT2D eigenvalue weighted by molar-refractivity contribution is 6.03. The molecule has 2 fully saturated rings. The zero-order valence-electron chi connectivity index (χ0n) is 12.3. The highest BCUT2D eigenvalue weighted by atomic mass is 16.4. The van der Waals surface area contributed by atoms with Gasteiger partial charge in [0, 0.05) is 5.39 Å². The molecule has 0 bridgehead atoms. The number of carboxylic acids is 1. The molecule has 2 unspecified atom stereocenters. The molecule has 0 radical (unpaired) electrons. The lowest BCUT2D eigenvalue weighted by atomic mass is 9.97. The lowest BCUT2D eigenvalue weighted by Crippen LogP contribution is -1.98. The third kappa shape index (κ3) is 2.06. The van der Waals surface area contributed by atoms with Crippen LogP contribution >= 0.6 is 0 Å². The number of hydrogen-bond acceptors (Lipinski definition) is 2. The molecule has 0 amide bonds. The molecule has 2 aromatic rings. The lowest BCUT2D eigenvalue weighted by Gasteiger charge is -2.08. The fraction of sp³-hybridized carbons (Fsp3) is 0.500. The van der Waals surface area contributed by atoms with Crippen molar-refractivity contribution in [1.29, 1.82) is 0 Å². The molecule has 3 heteroatoms. The molecule has 0 spiro atoms. The van der Waals surface area contributed by atoms with Crippen LogP contribution in [-0.2, 0) is 0 Å². The van der Waals surface area contributed by atoms with Crippen LogP contribution in [-0.4, -0.2) is 11.1 Å². The Labute approximate surface area is 124 Å². The Kier molecular flexibility index (Phi) is 2.84. The van der Waals surface area contributed by atoms with Gasteiger partial charge >= 0.3 is 5.97 Å². The van der Waals surface area contributed by atoms with Gasteiger partial charge in [0.05, 0.1) is 0 Å². The molecule has 2 aliphatic rings. The van der Waals surface area contributed by atoms with Crippen molar-refractivity contribution in [2.45, 2.75) is 44.9 Å². The fourth-order valence-corrected chi connectivity index (χ4v) is 4.24. The first kappa shape index (κ1) is 12.9. The normalized spacial score (nSPS) is 25.6. The first-order valence-electron chi connectivity index (χ1n) is 7.91. The van der Waals surface area contributed by atoms with Gasteiger partial charge in [0.25, 0.3) is 0 Å². The van der Waals surface area contributed by atoms with E-state index in [2.05, 4.69) is 12.1 Å². The molecule has 110 valence electrons. The molecule has 3 nitrogen and oxygen atoms in total. The summed E-state index contributed by atoms with van der Waals surface area (Å²) in [6, 6.07) is 6.11. The molecule has 21 heavy (non-hydrogen) atoms. The highest BCUT2D eigenvalue weighted by Crippen LogP contribution is 2.56. The lowest BCUT2D eigenvalue weighted by molar-refractivity contribution is 0.0697. The molecule has 1 aromatic heterocycles. The molecule has 1 heterocycles. The van der Waals surface area contributed by atoms with Gasteiger partial charge in [-0.15, -0.1) is 0 Å². The monoisotopic (exact) mass is 284 g/mol. The summed E-state index contributed by atoms with van der Waals surface area (Å²) in [6.07, 6.45) is 6.81. The molecule has 0 saturated heterocycles. The summed E-state index contributed by atoms with van der Waals surface area (Å²) in [5.41, 5.74) is 2.30. The third-order valence-corrected chi connectivity index (χ3v) is 5.38. The van der Waals surface area contributed by atoms with Crippen molar-refractivity contribution in [2.75, 3.05) is 0 Å². The number of aryl methyl sites for hydroxylation is 1. The molecule has 1 N–H and O–H groups in total. The van der Waals surface area contributed by atoms with Crippen molar-refractivity contribution in [3.05, 3.63) is 35.1 Å². The minimum absolute atomic E-state index is 0.324. The number of carbonyl (C=O) groups is 1. The predicted octanol–water partition coefficient (Wildman–Crippen LogP) is 4.73. The van der Waals surface area contributed by atoms with Crippen molar-refractivity contribution in [2.24, 2.45) is 11.8 Å². The first-order valence-corrected chi connectivity index (χ1v) is 7.91. The molecule has 2 atom stereocenters. The van der Waals surface area contributed by atoms with Gasteiger partial charge in [-0.05, 0) is 48.8 Å². The standard InChI is InChI=1S/C18H20O3/c1-10-17(18(19)20)15-8-12(6-7-16(15)21-10)14-9-13(14)11-4-2-3-5-11/h6-8,11,13-14H,2-5,9H2,1H3,(H,19,20). The molecular formula is C18H20O3. The van der Waals surface area contributed by atoms with Gasteiger partial charge in [0.2, 0.25) is 0 Å². The number of aromatic carboxylic acids is 1. The van der Waals surface area contributed by atoms with Crippen molar-refractivity contribution >= 4 is 16.9 Å². The maximum Gasteiger partial charge on any atom is 0.339 e. The summed E-state index contributed by atoms with van der Waals surface area (Å²) in [7, 11) is 0. The van der Waals surface area contributed by atoms with Crippen LogP contribution < -0.4 is 0 Å². The summed E-state index contributed by atoms with van der Waals surface area (Å²) in [5.74, 6) is 1.96. The topological polar surface area (TPSA) is 50.4 Å². The molecular weight excluding hydrogens is 264 g/mol. The Bertz CT molecular complexity index is 707. The van der Waals surface area contributed by atoms with Crippen molar-refractivity contribution in [1.82, 2.24) is 0 Å². The van der Waals surface area contributed by atoms with Crippen LogP contribution in [0.25, 0.3) is 11.0 Å². The number of hydrogen-bond donors (Lipinski definition) is 1. The van der Waals surface area contributed by atoms with E-state index in [0.29, 0.717) is 22.8 Å². The summed E-state index contributed by atoms with van der Waals surface area (Å²) in [5, 5.41) is 10.1. The van der Waals surface area contributed by atoms with Crippen LogP contribution in [0.1, 0.15) is 59.7 Å². The Balaban J connectivity index is 1.68. The summed E-state index contributed by atoms with van der Waals surface area (Å²) in [6.45, 7) is 1.72. The van der Waals surface area contributed by atoms with Crippen LogP contribution in [0, 0.1) is 18.8 Å². The van der Waals surface area contributed by atoms with Gasteiger partial charge in [-0.1, -0.05) is 31.7 Å². The smallest absolute Gasteiger partial charge is 0.339 e. The zero-order valence-corrected chi connectivity index (χ0v) is 12.3. The Morgan fingerprint density at radius 2 is 2.05 bits per heavy atom. The number of benzene rings is 1. The molecule has 4 rings (SSSR count). The van der Waals surface area contributed by atoms with Crippen LogP contribution in [0.5, 0.6) is 0 Å². The Morgan fingerprint density at radius 3 is 2.76 bits per heavy atom. The minimum atomic E-state index is -0.897. The summed E-state index contributed by atoms with van der Waals surface area (Å²) >= 11 is 0. The van der Waals surface area contributed by atoms with E-state index in [0.717, 1.165) is 17.2 Å². The van der Waals surface area contributed by atoms with E-state index in [9.17, 15) is 9.90 Å². The number of rotatable bonds is 3. The van der Waals surface area contributed by atoms with Crippen LogP contribution in [0.2, 0.25) is 0 Å². The molecule has 2 aliphatic carbocycles. The Morgan fingerprint density at radius 1 is 1.29 bits per heavy atom. The zero-order chi connectivity index (χ0) is 14.6. The maximum atomic E-state index is 11.4. The second kappa shape index (κ2) is 4.62. The average Bonchev–Trinajstić information content (AvgIpc) is 2.92. The van der Waals surface area contributed by atoms with Crippen molar-refractivity contribution < 1.29 is 14.3 Å². The number of carboxylic acid groups (broad SMARTS) is 1. The SMILES string of the molecule is Cc1oc2ccc(C3CC3C3CCCC3)cc2c1C(=O)O. The molecule has 0 aliphatic heterocycles. The number of furan rings is 1. The fourth-order valence-electron chi connectivity index (χ4n) is 4.24. The van der Waals surface area contributed by atoms with Gasteiger partial charge in [0.15, 0.2) is 0 Å². The van der Waals surface area contributed by atoms with Crippen molar-refractivity contribution in [3.8, 4) is 0 Å².